The fourth-order valence-electron chi connectivity index (χ4n) is 1.42. The normalized spacial score (nSPS) is 10.1. The lowest BCUT2D eigenvalue weighted by Crippen LogP contribution is -2.10. The first-order valence-electron chi connectivity index (χ1n) is 5.09. The van der Waals surface area contributed by atoms with Crippen LogP contribution in [0.15, 0.2) is 35.7 Å². The van der Waals surface area contributed by atoms with Crippen molar-refractivity contribution in [1.29, 1.82) is 0 Å². The Labute approximate surface area is 98.9 Å². The van der Waals surface area contributed by atoms with E-state index < -0.39 is 0 Å². The van der Waals surface area contributed by atoms with E-state index in [1.807, 2.05) is 42.6 Å². The van der Waals surface area contributed by atoms with E-state index in [0.29, 0.717) is 0 Å². The summed E-state index contributed by atoms with van der Waals surface area (Å²) in [5.74, 6) is -0.0433. The average Bonchev–Trinajstić information content (AvgIpc) is 2.77. The lowest BCUT2D eigenvalue weighted by Gasteiger charge is -2.06. The molecule has 2 nitrogen and oxygen atoms in total. The van der Waals surface area contributed by atoms with Crippen LogP contribution in [0.5, 0.6) is 0 Å². The molecule has 0 radical (unpaired) electrons. The highest BCUT2D eigenvalue weighted by atomic mass is 32.1. The number of thiophene rings is 1. The van der Waals surface area contributed by atoms with E-state index in [-0.39, 0.29) is 5.91 Å². The lowest BCUT2D eigenvalue weighted by atomic mass is 10.1. The van der Waals surface area contributed by atoms with Crippen LogP contribution in [0.25, 0.3) is 0 Å². The van der Waals surface area contributed by atoms with Crippen LogP contribution in [0.3, 0.4) is 0 Å². The Balaban J connectivity index is 2.15. The highest BCUT2D eigenvalue weighted by molar-refractivity contribution is 7.12. The minimum absolute atomic E-state index is 0.0433. The van der Waals surface area contributed by atoms with E-state index in [0.717, 1.165) is 10.6 Å². The number of anilines is 1. The Morgan fingerprint density at radius 2 is 2.00 bits per heavy atom. The quantitative estimate of drug-likeness (QED) is 0.840. The second kappa shape index (κ2) is 4.49. The van der Waals surface area contributed by atoms with Gasteiger partial charge in [0.1, 0.15) is 0 Å². The molecule has 0 aliphatic carbocycles. The summed E-state index contributed by atoms with van der Waals surface area (Å²) < 4.78 is 0. The number of hydrogen-bond acceptors (Lipinski definition) is 2. The van der Waals surface area contributed by atoms with Crippen LogP contribution >= 0.6 is 11.3 Å². The fraction of sp³-hybridized carbons (Fsp3) is 0.154. The molecule has 0 bridgehead atoms. The molecule has 0 saturated heterocycles. The van der Waals surface area contributed by atoms with Gasteiger partial charge in [-0.05, 0) is 48.6 Å². The Bertz CT molecular complexity index is 503. The van der Waals surface area contributed by atoms with Gasteiger partial charge in [0.15, 0.2) is 0 Å². The smallest absolute Gasteiger partial charge is 0.265 e. The minimum Gasteiger partial charge on any atom is -0.321 e. The Morgan fingerprint density at radius 1 is 1.19 bits per heavy atom. The van der Waals surface area contributed by atoms with Crippen LogP contribution in [-0.4, -0.2) is 5.91 Å². The molecule has 82 valence electrons. The maximum absolute atomic E-state index is 11.8. The third kappa shape index (κ3) is 2.31. The van der Waals surface area contributed by atoms with Gasteiger partial charge in [-0.15, -0.1) is 11.3 Å². The van der Waals surface area contributed by atoms with Gasteiger partial charge in [-0.3, -0.25) is 4.79 Å². The number of rotatable bonds is 2. The summed E-state index contributed by atoms with van der Waals surface area (Å²) in [4.78, 5) is 12.5. The van der Waals surface area contributed by atoms with Gasteiger partial charge in [-0.25, -0.2) is 0 Å². The molecule has 0 unspecified atom stereocenters. The summed E-state index contributed by atoms with van der Waals surface area (Å²) in [6.07, 6.45) is 0. The summed E-state index contributed by atoms with van der Waals surface area (Å²) >= 11 is 1.45. The molecule has 1 aromatic carbocycles. The van der Waals surface area contributed by atoms with Gasteiger partial charge in [-0.1, -0.05) is 12.1 Å². The van der Waals surface area contributed by atoms with Crippen molar-refractivity contribution in [1.82, 2.24) is 0 Å². The monoisotopic (exact) mass is 231 g/mol. The van der Waals surface area contributed by atoms with E-state index in [4.69, 9.17) is 0 Å². The van der Waals surface area contributed by atoms with Crippen molar-refractivity contribution in [2.24, 2.45) is 0 Å². The Morgan fingerprint density at radius 3 is 2.62 bits per heavy atom. The van der Waals surface area contributed by atoms with Crippen LogP contribution in [0, 0.1) is 13.8 Å². The number of carbonyl (C=O) groups excluding carboxylic acids is 1. The predicted molar refractivity (Wildman–Crippen MR) is 68.2 cm³/mol. The molecule has 1 N–H and O–H groups in total. The molecule has 0 atom stereocenters. The third-order valence-electron chi connectivity index (χ3n) is 2.51. The summed E-state index contributed by atoms with van der Waals surface area (Å²) in [5.41, 5.74) is 3.26. The maximum Gasteiger partial charge on any atom is 0.265 e. The first kappa shape index (κ1) is 10.9. The second-order valence-electron chi connectivity index (χ2n) is 3.73. The van der Waals surface area contributed by atoms with E-state index in [1.165, 1.54) is 22.5 Å². The largest absolute Gasteiger partial charge is 0.321 e. The van der Waals surface area contributed by atoms with Gasteiger partial charge in [-0.2, -0.15) is 0 Å². The number of nitrogens with one attached hydrogen (secondary N) is 1. The highest BCUT2D eigenvalue weighted by Crippen LogP contribution is 2.16. The molecule has 0 spiro atoms. The fourth-order valence-corrected chi connectivity index (χ4v) is 2.04. The van der Waals surface area contributed by atoms with Gasteiger partial charge >= 0.3 is 0 Å². The van der Waals surface area contributed by atoms with Crippen molar-refractivity contribution >= 4 is 22.9 Å². The number of amides is 1. The standard InChI is InChI=1S/C13H13NOS/c1-9-5-6-11(8-10(9)2)14-13(15)12-4-3-7-16-12/h3-8H,1-2H3,(H,14,15). The first-order chi connectivity index (χ1) is 7.66. The number of benzene rings is 1. The van der Waals surface area contributed by atoms with Gasteiger partial charge in [0.05, 0.1) is 4.88 Å². The van der Waals surface area contributed by atoms with Crippen LogP contribution < -0.4 is 5.32 Å². The maximum atomic E-state index is 11.8. The zero-order valence-electron chi connectivity index (χ0n) is 9.28. The Hall–Kier alpha value is -1.61. The molecule has 1 amide bonds. The lowest BCUT2D eigenvalue weighted by molar-refractivity contribution is 0.103. The first-order valence-corrected chi connectivity index (χ1v) is 5.97. The van der Waals surface area contributed by atoms with Gasteiger partial charge in [0, 0.05) is 5.69 Å². The zero-order valence-corrected chi connectivity index (χ0v) is 10.1. The number of aryl methyl sites for hydroxylation is 2. The minimum atomic E-state index is -0.0433. The van der Waals surface area contributed by atoms with Gasteiger partial charge in [0.25, 0.3) is 5.91 Å². The third-order valence-corrected chi connectivity index (χ3v) is 3.38. The van der Waals surface area contributed by atoms with Crippen molar-refractivity contribution in [3.05, 3.63) is 51.7 Å². The summed E-state index contributed by atoms with van der Waals surface area (Å²) in [6, 6.07) is 9.62. The zero-order chi connectivity index (χ0) is 11.5. The van der Waals surface area contributed by atoms with Crippen molar-refractivity contribution in [2.45, 2.75) is 13.8 Å². The number of carbonyl (C=O) groups is 1. The van der Waals surface area contributed by atoms with E-state index in [2.05, 4.69) is 12.2 Å². The highest BCUT2D eigenvalue weighted by Gasteiger charge is 2.06. The molecule has 0 saturated carbocycles. The number of hydrogen-bond donors (Lipinski definition) is 1. The predicted octanol–water partition coefficient (Wildman–Crippen LogP) is 3.62. The van der Waals surface area contributed by atoms with Crippen LogP contribution in [0.4, 0.5) is 5.69 Å². The van der Waals surface area contributed by atoms with E-state index >= 15 is 0 Å². The van der Waals surface area contributed by atoms with Gasteiger partial charge < -0.3 is 5.32 Å². The average molecular weight is 231 g/mol. The van der Waals surface area contributed by atoms with Crippen molar-refractivity contribution < 1.29 is 4.79 Å². The van der Waals surface area contributed by atoms with Gasteiger partial charge in [0.2, 0.25) is 0 Å². The van der Waals surface area contributed by atoms with Crippen molar-refractivity contribution in [3.63, 3.8) is 0 Å². The topological polar surface area (TPSA) is 29.1 Å². The molecule has 1 aromatic heterocycles. The summed E-state index contributed by atoms with van der Waals surface area (Å²) in [7, 11) is 0. The molecule has 16 heavy (non-hydrogen) atoms. The SMILES string of the molecule is Cc1ccc(NC(=O)c2cccs2)cc1C. The molecule has 2 aromatic rings. The van der Waals surface area contributed by atoms with Crippen molar-refractivity contribution in [2.75, 3.05) is 5.32 Å². The molecule has 3 heteroatoms. The molecular weight excluding hydrogens is 218 g/mol. The molecule has 0 fully saturated rings. The van der Waals surface area contributed by atoms with Crippen LogP contribution in [0.1, 0.15) is 20.8 Å². The second-order valence-corrected chi connectivity index (χ2v) is 4.68. The summed E-state index contributed by atoms with van der Waals surface area (Å²) in [6.45, 7) is 4.09. The van der Waals surface area contributed by atoms with Crippen LogP contribution in [0.2, 0.25) is 0 Å². The molecule has 0 aliphatic heterocycles. The molecule has 1 heterocycles. The Kier molecular flexibility index (Phi) is 3.06. The summed E-state index contributed by atoms with van der Waals surface area (Å²) in [5, 5.41) is 4.78. The van der Waals surface area contributed by atoms with E-state index in [9.17, 15) is 4.79 Å². The molecule has 2 rings (SSSR count). The van der Waals surface area contributed by atoms with Crippen LogP contribution in [-0.2, 0) is 0 Å². The van der Waals surface area contributed by atoms with E-state index in [1.54, 1.807) is 0 Å². The molecular formula is C13H13NOS. The molecule has 0 aliphatic rings. The van der Waals surface area contributed by atoms with Crippen molar-refractivity contribution in [3.8, 4) is 0 Å².